The molecule has 2 rings (SSSR count). The van der Waals surface area contributed by atoms with Crippen molar-refractivity contribution in [1.29, 1.82) is 0 Å². The second kappa shape index (κ2) is 4.37. The monoisotopic (exact) mass is 221 g/mol. The zero-order valence-corrected chi connectivity index (χ0v) is 8.81. The van der Waals surface area contributed by atoms with Crippen molar-refractivity contribution < 1.29 is 13.5 Å². The van der Waals surface area contributed by atoms with Crippen LogP contribution in [0.15, 0.2) is 41.2 Å². The lowest BCUT2D eigenvalue weighted by Crippen LogP contribution is -2.13. The van der Waals surface area contributed by atoms with E-state index < -0.39 is 11.9 Å². The van der Waals surface area contributed by atoms with Gasteiger partial charge in [-0.15, -0.1) is 0 Å². The molecule has 1 aromatic heterocycles. The molecule has 1 aromatic carbocycles. The van der Waals surface area contributed by atoms with Gasteiger partial charge in [-0.05, 0) is 12.1 Å². The number of methoxy groups -OCH3 is 1. The van der Waals surface area contributed by atoms with Crippen LogP contribution < -0.4 is 10.5 Å². The third-order valence-electron chi connectivity index (χ3n) is 2.45. The van der Waals surface area contributed by atoms with E-state index >= 15 is 0 Å². The SMILES string of the molecule is COc1cccc(C(N)c2ccoc2)c1F. The molecular weight excluding hydrogens is 209 g/mol. The van der Waals surface area contributed by atoms with Crippen molar-refractivity contribution in [3.05, 3.63) is 53.7 Å². The van der Waals surface area contributed by atoms with Crippen LogP contribution in [0.5, 0.6) is 5.75 Å². The van der Waals surface area contributed by atoms with Crippen molar-refractivity contribution in [2.75, 3.05) is 7.11 Å². The number of halogens is 1. The lowest BCUT2D eigenvalue weighted by molar-refractivity contribution is 0.383. The molecule has 0 aliphatic heterocycles. The van der Waals surface area contributed by atoms with E-state index in [-0.39, 0.29) is 5.75 Å². The Balaban J connectivity index is 2.41. The highest BCUT2D eigenvalue weighted by Crippen LogP contribution is 2.27. The quantitative estimate of drug-likeness (QED) is 0.866. The van der Waals surface area contributed by atoms with E-state index in [1.54, 1.807) is 24.3 Å². The van der Waals surface area contributed by atoms with Gasteiger partial charge in [0, 0.05) is 11.1 Å². The van der Waals surface area contributed by atoms with E-state index in [1.165, 1.54) is 19.6 Å². The highest BCUT2D eigenvalue weighted by molar-refractivity contribution is 5.37. The molecule has 0 spiro atoms. The number of ether oxygens (including phenoxy) is 1. The Morgan fingerprint density at radius 2 is 2.19 bits per heavy atom. The van der Waals surface area contributed by atoms with Crippen LogP contribution in [0.4, 0.5) is 4.39 Å². The minimum absolute atomic E-state index is 0.191. The lowest BCUT2D eigenvalue weighted by Gasteiger charge is -2.12. The van der Waals surface area contributed by atoms with Crippen LogP contribution in [0.25, 0.3) is 0 Å². The van der Waals surface area contributed by atoms with Crippen LogP contribution >= 0.6 is 0 Å². The molecular formula is C12H12FNO2. The average Bonchev–Trinajstić information content (AvgIpc) is 2.82. The summed E-state index contributed by atoms with van der Waals surface area (Å²) in [5.74, 6) is -0.241. The molecule has 2 aromatic rings. The predicted molar refractivity (Wildman–Crippen MR) is 57.7 cm³/mol. The fraction of sp³-hybridized carbons (Fsp3) is 0.167. The first-order chi connectivity index (χ1) is 7.74. The summed E-state index contributed by atoms with van der Waals surface area (Å²) in [6.07, 6.45) is 3.01. The van der Waals surface area contributed by atoms with Crippen LogP contribution in [0, 0.1) is 5.82 Å². The van der Waals surface area contributed by atoms with Crippen molar-refractivity contribution in [2.24, 2.45) is 5.73 Å². The molecule has 1 heterocycles. The first-order valence-electron chi connectivity index (χ1n) is 4.84. The smallest absolute Gasteiger partial charge is 0.170 e. The number of furan rings is 1. The van der Waals surface area contributed by atoms with Gasteiger partial charge in [-0.1, -0.05) is 12.1 Å². The molecule has 0 bridgehead atoms. The number of nitrogens with two attached hydrogens (primary N) is 1. The Labute approximate surface area is 92.6 Å². The van der Waals surface area contributed by atoms with E-state index in [0.717, 1.165) is 5.56 Å². The zero-order chi connectivity index (χ0) is 11.5. The van der Waals surface area contributed by atoms with Crippen LogP contribution in [-0.2, 0) is 0 Å². The molecule has 16 heavy (non-hydrogen) atoms. The number of benzene rings is 1. The van der Waals surface area contributed by atoms with Gasteiger partial charge in [0.2, 0.25) is 0 Å². The maximum Gasteiger partial charge on any atom is 0.170 e. The molecule has 0 radical (unpaired) electrons. The minimum atomic E-state index is -0.547. The Kier molecular flexibility index (Phi) is 2.92. The molecule has 0 saturated carbocycles. The normalized spacial score (nSPS) is 12.4. The van der Waals surface area contributed by atoms with E-state index in [9.17, 15) is 4.39 Å². The van der Waals surface area contributed by atoms with Gasteiger partial charge in [-0.2, -0.15) is 0 Å². The Morgan fingerprint density at radius 1 is 1.38 bits per heavy atom. The highest BCUT2D eigenvalue weighted by Gasteiger charge is 2.17. The standard InChI is InChI=1S/C12H12FNO2/c1-15-10-4-2-3-9(11(10)13)12(14)8-5-6-16-7-8/h2-7,12H,14H2,1H3. The summed E-state index contributed by atoms with van der Waals surface area (Å²) in [6, 6.07) is 6.06. The molecule has 2 N–H and O–H groups in total. The molecule has 84 valence electrons. The summed E-state index contributed by atoms with van der Waals surface area (Å²) < 4.78 is 23.7. The summed E-state index contributed by atoms with van der Waals surface area (Å²) in [4.78, 5) is 0. The Morgan fingerprint density at radius 3 is 2.81 bits per heavy atom. The third kappa shape index (κ3) is 1.79. The van der Waals surface area contributed by atoms with Gasteiger partial charge >= 0.3 is 0 Å². The van der Waals surface area contributed by atoms with Crippen LogP contribution in [0.3, 0.4) is 0 Å². The Hall–Kier alpha value is -1.81. The second-order valence-corrected chi connectivity index (χ2v) is 3.40. The average molecular weight is 221 g/mol. The van der Waals surface area contributed by atoms with Gasteiger partial charge in [0.05, 0.1) is 25.7 Å². The van der Waals surface area contributed by atoms with Gasteiger partial charge < -0.3 is 14.9 Å². The lowest BCUT2D eigenvalue weighted by atomic mass is 10.0. The number of rotatable bonds is 3. The van der Waals surface area contributed by atoms with Gasteiger partial charge in [0.1, 0.15) is 0 Å². The van der Waals surface area contributed by atoms with E-state index in [0.29, 0.717) is 5.56 Å². The summed E-state index contributed by atoms with van der Waals surface area (Å²) in [5.41, 5.74) is 7.05. The first kappa shape index (κ1) is 10.7. The summed E-state index contributed by atoms with van der Waals surface area (Å²) >= 11 is 0. The van der Waals surface area contributed by atoms with Crippen molar-refractivity contribution in [2.45, 2.75) is 6.04 Å². The first-order valence-corrected chi connectivity index (χ1v) is 4.84. The topological polar surface area (TPSA) is 48.4 Å². The number of hydrogen-bond donors (Lipinski definition) is 1. The molecule has 1 atom stereocenters. The molecule has 0 fully saturated rings. The van der Waals surface area contributed by atoms with E-state index in [2.05, 4.69) is 0 Å². The minimum Gasteiger partial charge on any atom is -0.494 e. The molecule has 3 nitrogen and oxygen atoms in total. The maximum atomic E-state index is 13.9. The third-order valence-corrected chi connectivity index (χ3v) is 2.45. The maximum absolute atomic E-state index is 13.9. The molecule has 0 aliphatic carbocycles. The highest BCUT2D eigenvalue weighted by atomic mass is 19.1. The van der Waals surface area contributed by atoms with E-state index in [1.807, 2.05) is 0 Å². The molecule has 4 heteroatoms. The molecule has 0 saturated heterocycles. The van der Waals surface area contributed by atoms with Crippen LogP contribution in [-0.4, -0.2) is 7.11 Å². The number of hydrogen-bond acceptors (Lipinski definition) is 3. The Bertz CT molecular complexity index is 468. The second-order valence-electron chi connectivity index (χ2n) is 3.40. The van der Waals surface area contributed by atoms with Crippen molar-refractivity contribution in [1.82, 2.24) is 0 Å². The van der Waals surface area contributed by atoms with E-state index in [4.69, 9.17) is 14.9 Å². The van der Waals surface area contributed by atoms with Crippen molar-refractivity contribution in [3.63, 3.8) is 0 Å². The summed E-state index contributed by atoms with van der Waals surface area (Å²) in [7, 11) is 1.42. The molecule has 0 aliphatic rings. The van der Waals surface area contributed by atoms with Gasteiger partial charge in [-0.25, -0.2) is 4.39 Å². The largest absolute Gasteiger partial charge is 0.494 e. The molecule has 1 unspecified atom stereocenters. The zero-order valence-electron chi connectivity index (χ0n) is 8.81. The van der Waals surface area contributed by atoms with Gasteiger partial charge in [0.15, 0.2) is 11.6 Å². The van der Waals surface area contributed by atoms with Crippen molar-refractivity contribution in [3.8, 4) is 5.75 Å². The molecule has 0 amide bonds. The van der Waals surface area contributed by atoms with Crippen molar-refractivity contribution >= 4 is 0 Å². The van der Waals surface area contributed by atoms with Crippen LogP contribution in [0.2, 0.25) is 0 Å². The van der Waals surface area contributed by atoms with Gasteiger partial charge in [0.25, 0.3) is 0 Å². The van der Waals surface area contributed by atoms with Gasteiger partial charge in [-0.3, -0.25) is 0 Å². The summed E-state index contributed by atoms with van der Waals surface area (Å²) in [5, 5.41) is 0. The van der Waals surface area contributed by atoms with Crippen LogP contribution in [0.1, 0.15) is 17.2 Å². The predicted octanol–water partition coefficient (Wildman–Crippen LogP) is 2.48. The summed E-state index contributed by atoms with van der Waals surface area (Å²) in [6.45, 7) is 0. The fourth-order valence-electron chi connectivity index (χ4n) is 1.56. The fourth-order valence-corrected chi connectivity index (χ4v) is 1.56.